The van der Waals surface area contributed by atoms with E-state index in [1.165, 1.54) is 29.4 Å². The van der Waals surface area contributed by atoms with Crippen LogP contribution in [0.3, 0.4) is 0 Å². The number of carbonyl (C=O) groups is 1. The lowest BCUT2D eigenvalue weighted by Gasteiger charge is -2.36. The van der Waals surface area contributed by atoms with Crippen LogP contribution in [0, 0.1) is 12.7 Å². The summed E-state index contributed by atoms with van der Waals surface area (Å²) in [7, 11) is 0. The minimum absolute atomic E-state index is 0.0787. The van der Waals surface area contributed by atoms with Crippen molar-refractivity contribution in [3.63, 3.8) is 0 Å². The van der Waals surface area contributed by atoms with E-state index in [-0.39, 0.29) is 36.7 Å². The second kappa shape index (κ2) is 7.94. The van der Waals surface area contributed by atoms with E-state index in [9.17, 15) is 18.0 Å². The van der Waals surface area contributed by atoms with Crippen molar-refractivity contribution in [1.82, 2.24) is 19.3 Å². The molecule has 0 spiro atoms. The fraction of sp³-hybridized carbons (Fsp3) is 0.261. The highest BCUT2D eigenvalue weighted by Crippen LogP contribution is 2.33. The van der Waals surface area contributed by atoms with Crippen molar-refractivity contribution in [2.45, 2.75) is 19.1 Å². The van der Waals surface area contributed by atoms with Gasteiger partial charge in [-0.05, 0) is 30.7 Å². The number of benzene rings is 2. The molecule has 1 atom stereocenters. The minimum Gasteiger partial charge on any atom is -0.382 e. The Kier molecular flexibility index (Phi) is 5.16. The lowest BCUT2D eigenvalue weighted by molar-refractivity contribution is -0.137. The molecule has 1 fully saturated rings. The normalized spacial score (nSPS) is 17.0. The van der Waals surface area contributed by atoms with E-state index in [0.717, 1.165) is 18.2 Å². The second-order valence-electron chi connectivity index (χ2n) is 8.08. The Morgan fingerprint density at radius 2 is 1.94 bits per heavy atom. The van der Waals surface area contributed by atoms with Crippen LogP contribution in [-0.4, -0.2) is 44.9 Å². The number of anilines is 1. The molecule has 176 valence electrons. The summed E-state index contributed by atoms with van der Waals surface area (Å²) >= 11 is 0. The average Bonchev–Trinajstić information content (AvgIpc) is 3.20. The molecule has 4 aromatic rings. The molecule has 5 rings (SSSR count). The molecule has 0 saturated carbocycles. The number of ether oxygens (including phenoxy) is 1. The number of morpholine rings is 1. The molecule has 1 aliphatic heterocycles. The van der Waals surface area contributed by atoms with Crippen molar-refractivity contribution in [3.05, 3.63) is 70.9 Å². The van der Waals surface area contributed by atoms with E-state index >= 15 is 4.39 Å². The third kappa shape index (κ3) is 3.61. The summed E-state index contributed by atoms with van der Waals surface area (Å²) in [4.78, 5) is 23.3. The molecule has 1 saturated heterocycles. The third-order valence-electron chi connectivity index (χ3n) is 6.00. The first-order valence-electron chi connectivity index (χ1n) is 10.4. The lowest BCUT2D eigenvalue weighted by Crippen LogP contribution is -2.43. The molecule has 0 radical (unpaired) electrons. The number of hydrogen-bond donors (Lipinski definition) is 1. The number of nitrogen functional groups attached to an aromatic ring is 1. The first kappa shape index (κ1) is 22.1. The number of imidazole rings is 1. The Morgan fingerprint density at radius 3 is 2.65 bits per heavy atom. The third-order valence-corrected chi connectivity index (χ3v) is 6.00. The van der Waals surface area contributed by atoms with Gasteiger partial charge in [0, 0.05) is 12.6 Å². The fourth-order valence-corrected chi connectivity index (χ4v) is 4.28. The van der Waals surface area contributed by atoms with E-state index in [1.807, 2.05) is 0 Å². The molecule has 1 aliphatic rings. The zero-order valence-electron chi connectivity index (χ0n) is 17.9. The number of aryl methyl sites for hydroxylation is 1. The summed E-state index contributed by atoms with van der Waals surface area (Å²) in [6, 6.07) is 6.40. The number of nitrogens with zero attached hydrogens (tertiary/aromatic N) is 4. The van der Waals surface area contributed by atoms with Crippen molar-refractivity contribution >= 4 is 28.3 Å². The van der Waals surface area contributed by atoms with Gasteiger partial charge < -0.3 is 15.4 Å². The maximum atomic E-state index is 15.1. The van der Waals surface area contributed by atoms with Gasteiger partial charge in [-0.2, -0.15) is 13.2 Å². The number of aromatic nitrogens is 3. The van der Waals surface area contributed by atoms with Gasteiger partial charge in [0.2, 0.25) is 0 Å². The number of carbonyl (C=O) groups excluding carboxylic acids is 1. The number of halogens is 4. The van der Waals surface area contributed by atoms with Crippen LogP contribution in [0.1, 0.15) is 33.2 Å². The smallest absolute Gasteiger partial charge is 0.382 e. The van der Waals surface area contributed by atoms with E-state index in [4.69, 9.17) is 10.5 Å². The highest BCUT2D eigenvalue weighted by Gasteiger charge is 2.33. The van der Waals surface area contributed by atoms with Crippen LogP contribution in [-0.2, 0) is 10.9 Å². The molecule has 3 heterocycles. The zero-order chi connectivity index (χ0) is 24.2. The summed E-state index contributed by atoms with van der Waals surface area (Å²) in [5.41, 5.74) is 7.39. The van der Waals surface area contributed by atoms with Gasteiger partial charge in [-0.1, -0.05) is 12.1 Å². The molecule has 11 heteroatoms. The topological polar surface area (TPSA) is 85.8 Å². The summed E-state index contributed by atoms with van der Waals surface area (Å²) in [6.07, 6.45) is -2.95. The average molecular weight is 473 g/mol. The lowest BCUT2D eigenvalue weighted by atomic mass is 10.0. The number of fused-ring (bicyclic) bond motifs is 3. The standard InChI is InChI=1S/C23H19F4N5O2/c1-12-20-21(28)30-17-9-16(24)15(8-18(17)32(20)11-29-12)22(33)31-6-7-34-10-19(31)13-2-4-14(5-3-13)23(25,26)27/h2-5,8-9,11,19H,6-7,10H2,1H3,(H2,28,30)/t19-/m1/s1. The molecule has 1 amide bonds. The molecule has 2 N–H and O–H groups in total. The van der Waals surface area contributed by atoms with Gasteiger partial charge in [-0.3, -0.25) is 9.20 Å². The first-order chi connectivity index (χ1) is 16.1. The van der Waals surface area contributed by atoms with E-state index in [2.05, 4.69) is 9.97 Å². The van der Waals surface area contributed by atoms with Gasteiger partial charge in [0.25, 0.3) is 5.91 Å². The molecular formula is C23H19F4N5O2. The Balaban J connectivity index is 1.55. The van der Waals surface area contributed by atoms with Crippen LogP contribution in [0.15, 0.2) is 42.7 Å². The van der Waals surface area contributed by atoms with Crippen molar-refractivity contribution in [2.24, 2.45) is 0 Å². The van der Waals surface area contributed by atoms with Gasteiger partial charge in [0.05, 0.1) is 47.1 Å². The number of hydrogen-bond acceptors (Lipinski definition) is 5. The maximum Gasteiger partial charge on any atom is 0.416 e. The Hall–Kier alpha value is -3.73. The van der Waals surface area contributed by atoms with Crippen molar-refractivity contribution in [1.29, 1.82) is 0 Å². The number of rotatable bonds is 2. The predicted octanol–water partition coefficient (Wildman–Crippen LogP) is 4.14. The second-order valence-corrected chi connectivity index (χ2v) is 8.08. The highest BCUT2D eigenvalue weighted by atomic mass is 19.4. The summed E-state index contributed by atoms with van der Waals surface area (Å²) in [5.74, 6) is -1.19. The van der Waals surface area contributed by atoms with E-state index in [1.54, 1.807) is 11.3 Å². The number of amides is 1. The largest absolute Gasteiger partial charge is 0.416 e. The van der Waals surface area contributed by atoms with Crippen LogP contribution in [0.5, 0.6) is 0 Å². The Labute approximate surface area is 190 Å². The van der Waals surface area contributed by atoms with Crippen LogP contribution in [0.4, 0.5) is 23.4 Å². The molecule has 0 aliphatic carbocycles. The van der Waals surface area contributed by atoms with E-state index in [0.29, 0.717) is 22.3 Å². The van der Waals surface area contributed by atoms with Gasteiger partial charge in [0.15, 0.2) is 0 Å². The molecular weight excluding hydrogens is 454 g/mol. The Bertz CT molecular complexity index is 1420. The Morgan fingerprint density at radius 1 is 1.21 bits per heavy atom. The molecule has 2 aromatic heterocycles. The van der Waals surface area contributed by atoms with E-state index < -0.39 is 29.5 Å². The number of alkyl halides is 3. The van der Waals surface area contributed by atoms with Crippen LogP contribution in [0.2, 0.25) is 0 Å². The van der Waals surface area contributed by atoms with Crippen molar-refractivity contribution in [3.8, 4) is 0 Å². The fourth-order valence-electron chi connectivity index (χ4n) is 4.28. The first-order valence-corrected chi connectivity index (χ1v) is 10.4. The van der Waals surface area contributed by atoms with Gasteiger partial charge in [-0.15, -0.1) is 0 Å². The zero-order valence-corrected chi connectivity index (χ0v) is 17.9. The summed E-state index contributed by atoms with van der Waals surface area (Å²) in [6.45, 7) is 2.22. The molecule has 34 heavy (non-hydrogen) atoms. The summed E-state index contributed by atoms with van der Waals surface area (Å²) < 4.78 is 61.0. The number of nitrogens with two attached hydrogens (primary N) is 1. The van der Waals surface area contributed by atoms with Crippen LogP contribution in [0.25, 0.3) is 16.6 Å². The summed E-state index contributed by atoms with van der Waals surface area (Å²) in [5, 5.41) is 0. The van der Waals surface area contributed by atoms with Crippen molar-refractivity contribution < 1.29 is 27.1 Å². The van der Waals surface area contributed by atoms with Gasteiger partial charge in [-0.25, -0.2) is 14.4 Å². The predicted molar refractivity (Wildman–Crippen MR) is 116 cm³/mol. The van der Waals surface area contributed by atoms with Crippen LogP contribution < -0.4 is 5.73 Å². The molecule has 0 unspecified atom stereocenters. The molecule has 7 nitrogen and oxygen atoms in total. The highest BCUT2D eigenvalue weighted by molar-refractivity contribution is 5.99. The quantitative estimate of drug-likeness (QED) is 0.442. The molecule has 2 aromatic carbocycles. The van der Waals surface area contributed by atoms with Gasteiger partial charge in [0.1, 0.15) is 23.5 Å². The molecule has 0 bridgehead atoms. The monoisotopic (exact) mass is 473 g/mol. The van der Waals surface area contributed by atoms with Gasteiger partial charge >= 0.3 is 6.18 Å². The minimum atomic E-state index is -4.47. The maximum absolute atomic E-state index is 15.1. The SMILES string of the molecule is Cc1ncn2c1c(N)nc1cc(F)c(C(=O)N3CCOC[C@@H]3c3ccc(C(F)(F)F)cc3)cc12. The van der Waals surface area contributed by atoms with Crippen molar-refractivity contribution in [2.75, 3.05) is 25.5 Å². The van der Waals surface area contributed by atoms with Crippen LogP contribution >= 0.6 is 0 Å².